The first-order valence-corrected chi connectivity index (χ1v) is 5.77. The molecule has 0 saturated carbocycles. The van der Waals surface area contributed by atoms with Gasteiger partial charge in [-0.1, -0.05) is 29.8 Å². The number of esters is 1. The van der Waals surface area contributed by atoms with Crippen LogP contribution in [0.15, 0.2) is 24.3 Å². The highest BCUT2D eigenvalue weighted by atomic mass is 16.5. The molecule has 1 aromatic carbocycles. The first-order valence-electron chi connectivity index (χ1n) is 5.77. The van der Waals surface area contributed by atoms with E-state index in [9.17, 15) is 9.59 Å². The molecule has 0 aliphatic heterocycles. The Morgan fingerprint density at radius 2 is 1.82 bits per heavy atom. The van der Waals surface area contributed by atoms with E-state index in [1.54, 1.807) is 6.92 Å². The number of aryl methyl sites for hydroxylation is 1. The molecule has 0 aliphatic carbocycles. The molecule has 0 fully saturated rings. The highest BCUT2D eigenvalue weighted by Crippen LogP contribution is 2.13. The number of hydrogen-bond donors (Lipinski definition) is 0. The Morgan fingerprint density at radius 3 is 2.29 bits per heavy atom. The molecular weight excluding hydrogens is 216 g/mol. The van der Waals surface area contributed by atoms with Crippen LogP contribution in [-0.4, -0.2) is 18.4 Å². The minimum atomic E-state index is -0.683. The monoisotopic (exact) mass is 234 g/mol. The van der Waals surface area contributed by atoms with E-state index in [0.29, 0.717) is 13.0 Å². The Bertz CT molecular complexity index is 392. The van der Waals surface area contributed by atoms with Crippen LogP contribution in [0.4, 0.5) is 0 Å². The molecule has 0 N–H and O–H groups in total. The van der Waals surface area contributed by atoms with Gasteiger partial charge in [-0.2, -0.15) is 0 Å². The van der Waals surface area contributed by atoms with Crippen LogP contribution in [-0.2, 0) is 20.7 Å². The topological polar surface area (TPSA) is 43.4 Å². The van der Waals surface area contributed by atoms with Crippen LogP contribution in [0.2, 0.25) is 0 Å². The lowest BCUT2D eigenvalue weighted by molar-refractivity contribution is -0.151. The standard InChI is InChI=1S/C14H18O3/c1-4-17-14(16)13(11(3)15)9-12-7-5-10(2)6-8-12/h5-8,13H,4,9H2,1-3H3/t13-/m0/s1. The Balaban J connectivity index is 2.76. The zero-order valence-electron chi connectivity index (χ0n) is 10.5. The van der Waals surface area contributed by atoms with Gasteiger partial charge in [-0.15, -0.1) is 0 Å². The van der Waals surface area contributed by atoms with Gasteiger partial charge in [0.25, 0.3) is 0 Å². The number of hydrogen-bond acceptors (Lipinski definition) is 3. The highest BCUT2D eigenvalue weighted by Gasteiger charge is 2.24. The van der Waals surface area contributed by atoms with Crippen molar-refractivity contribution >= 4 is 11.8 Å². The van der Waals surface area contributed by atoms with Crippen molar-refractivity contribution < 1.29 is 14.3 Å². The second kappa shape index (κ2) is 6.18. The van der Waals surface area contributed by atoms with E-state index >= 15 is 0 Å². The van der Waals surface area contributed by atoms with Crippen LogP contribution >= 0.6 is 0 Å². The summed E-state index contributed by atoms with van der Waals surface area (Å²) >= 11 is 0. The third-order valence-electron chi connectivity index (χ3n) is 2.62. The van der Waals surface area contributed by atoms with E-state index in [0.717, 1.165) is 11.1 Å². The Hall–Kier alpha value is -1.64. The lowest BCUT2D eigenvalue weighted by Crippen LogP contribution is -2.26. The van der Waals surface area contributed by atoms with E-state index in [1.807, 2.05) is 31.2 Å². The fraction of sp³-hybridized carbons (Fsp3) is 0.429. The second-order valence-electron chi connectivity index (χ2n) is 4.11. The zero-order chi connectivity index (χ0) is 12.8. The average molecular weight is 234 g/mol. The van der Waals surface area contributed by atoms with Crippen molar-refractivity contribution in [3.63, 3.8) is 0 Å². The molecule has 1 rings (SSSR count). The van der Waals surface area contributed by atoms with Gasteiger partial charge in [0.15, 0.2) is 0 Å². The van der Waals surface area contributed by atoms with E-state index in [-0.39, 0.29) is 5.78 Å². The van der Waals surface area contributed by atoms with Crippen LogP contribution in [0.1, 0.15) is 25.0 Å². The molecule has 0 aromatic heterocycles. The molecule has 0 spiro atoms. The second-order valence-corrected chi connectivity index (χ2v) is 4.11. The molecule has 1 aromatic rings. The summed E-state index contributed by atoms with van der Waals surface area (Å²) in [5.74, 6) is -1.26. The third-order valence-corrected chi connectivity index (χ3v) is 2.62. The first kappa shape index (κ1) is 13.4. The average Bonchev–Trinajstić information content (AvgIpc) is 2.28. The quantitative estimate of drug-likeness (QED) is 0.580. The van der Waals surface area contributed by atoms with Crippen molar-refractivity contribution in [2.24, 2.45) is 5.92 Å². The van der Waals surface area contributed by atoms with Gasteiger partial charge < -0.3 is 4.74 Å². The van der Waals surface area contributed by atoms with Gasteiger partial charge in [-0.3, -0.25) is 9.59 Å². The normalized spacial score (nSPS) is 11.9. The fourth-order valence-electron chi connectivity index (χ4n) is 1.60. The van der Waals surface area contributed by atoms with Crippen LogP contribution in [0, 0.1) is 12.8 Å². The minimum Gasteiger partial charge on any atom is -0.465 e. The summed E-state index contributed by atoms with van der Waals surface area (Å²) in [6.45, 7) is 5.46. The molecular formula is C14H18O3. The number of carbonyl (C=O) groups is 2. The first-order chi connectivity index (χ1) is 8.04. The fourth-order valence-corrected chi connectivity index (χ4v) is 1.60. The SMILES string of the molecule is CCOC(=O)[C@@H](Cc1ccc(C)cc1)C(C)=O. The van der Waals surface area contributed by atoms with Gasteiger partial charge in [0, 0.05) is 0 Å². The summed E-state index contributed by atoms with van der Waals surface area (Å²) in [4.78, 5) is 23.0. The minimum absolute atomic E-state index is 0.149. The molecule has 3 nitrogen and oxygen atoms in total. The molecule has 0 unspecified atom stereocenters. The largest absolute Gasteiger partial charge is 0.465 e. The lowest BCUT2D eigenvalue weighted by Gasteiger charge is -2.12. The predicted molar refractivity (Wildman–Crippen MR) is 65.7 cm³/mol. The zero-order valence-corrected chi connectivity index (χ0v) is 10.5. The van der Waals surface area contributed by atoms with Crippen molar-refractivity contribution in [3.8, 4) is 0 Å². The van der Waals surface area contributed by atoms with Crippen LogP contribution < -0.4 is 0 Å². The van der Waals surface area contributed by atoms with E-state index in [2.05, 4.69) is 0 Å². The van der Waals surface area contributed by atoms with Gasteiger partial charge in [-0.25, -0.2) is 0 Å². The molecule has 17 heavy (non-hydrogen) atoms. The summed E-state index contributed by atoms with van der Waals surface area (Å²) in [6.07, 6.45) is 0.411. The molecule has 0 aliphatic rings. The summed E-state index contributed by atoms with van der Waals surface area (Å²) in [5.41, 5.74) is 2.13. The maximum Gasteiger partial charge on any atom is 0.316 e. The molecule has 3 heteroatoms. The maximum atomic E-state index is 11.6. The molecule has 92 valence electrons. The number of rotatable bonds is 5. The van der Waals surface area contributed by atoms with Crippen molar-refractivity contribution in [2.75, 3.05) is 6.61 Å². The summed E-state index contributed by atoms with van der Waals surface area (Å²) in [5, 5.41) is 0. The molecule has 0 radical (unpaired) electrons. The van der Waals surface area contributed by atoms with Gasteiger partial charge in [0.2, 0.25) is 0 Å². The summed E-state index contributed by atoms with van der Waals surface area (Å²) in [6, 6.07) is 7.81. The predicted octanol–water partition coefficient (Wildman–Crippen LogP) is 2.31. The number of Topliss-reactive ketones (excluding diaryl/α,β-unsaturated/α-hetero) is 1. The van der Waals surface area contributed by atoms with Gasteiger partial charge >= 0.3 is 5.97 Å². The Morgan fingerprint density at radius 1 is 1.24 bits per heavy atom. The van der Waals surface area contributed by atoms with Crippen molar-refractivity contribution in [1.82, 2.24) is 0 Å². The van der Waals surface area contributed by atoms with Crippen LogP contribution in [0.3, 0.4) is 0 Å². The number of ether oxygens (including phenoxy) is 1. The maximum absolute atomic E-state index is 11.6. The molecule has 1 atom stereocenters. The third kappa shape index (κ3) is 4.02. The summed E-state index contributed by atoms with van der Waals surface area (Å²) < 4.78 is 4.90. The number of ketones is 1. The number of carbonyl (C=O) groups excluding carboxylic acids is 2. The Kier molecular flexibility index (Phi) is 4.88. The molecule has 0 saturated heterocycles. The Labute approximate surface area is 102 Å². The summed E-state index contributed by atoms with van der Waals surface area (Å²) in [7, 11) is 0. The van der Waals surface area contributed by atoms with Crippen LogP contribution in [0.5, 0.6) is 0 Å². The van der Waals surface area contributed by atoms with E-state index < -0.39 is 11.9 Å². The lowest BCUT2D eigenvalue weighted by atomic mass is 9.95. The van der Waals surface area contributed by atoms with Gasteiger partial charge in [0.1, 0.15) is 11.7 Å². The number of benzene rings is 1. The van der Waals surface area contributed by atoms with Crippen LogP contribution in [0.25, 0.3) is 0 Å². The van der Waals surface area contributed by atoms with Crippen molar-refractivity contribution in [2.45, 2.75) is 27.2 Å². The van der Waals surface area contributed by atoms with E-state index in [1.165, 1.54) is 6.92 Å². The molecule has 0 bridgehead atoms. The highest BCUT2D eigenvalue weighted by molar-refractivity contribution is 5.97. The van der Waals surface area contributed by atoms with Crippen molar-refractivity contribution in [1.29, 1.82) is 0 Å². The molecule has 0 amide bonds. The van der Waals surface area contributed by atoms with Gasteiger partial charge in [-0.05, 0) is 32.8 Å². The smallest absolute Gasteiger partial charge is 0.316 e. The van der Waals surface area contributed by atoms with Crippen molar-refractivity contribution in [3.05, 3.63) is 35.4 Å². The molecule has 0 heterocycles. The van der Waals surface area contributed by atoms with Gasteiger partial charge in [0.05, 0.1) is 6.61 Å². The van der Waals surface area contributed by atoms with E-state index in [4.69, 9.17) is 4.74 Å².